The first-order valence-electron chi connectivity index (χ1n) is 13.3. The number of carbonyl (C=O) groups is 2. The van der Waals surface area contributed by atoms with Gasteiger partial charge in [0.15, 0.2) is 0 Å². The van der Waals surface area contributed by atoms with Gasteiger partial charge in [-0.25, -0.2) is 0 Å². The molecule has 2 amide bonds. The molecule has 200 valence electrons. The first-order valence-corrected chi connectivity index (χ1v) is 13.3. The molecule has 0 aliphatic carbocycles. The van der Waals surface area contributed by atoms with E-state index in [2.05, 4.69) is 31.1 Å². The number of nitrogens with zero attached hydrogens (tertiary/aromatic N) is 2. The SMILES string of the molecule is CC(C)(C)NC(=O)C(c1cccnc1)N(C(=O)[C@@H]1CCO[C@@H]1c1ccccc1)c1ccc(C(C)(C)C)cc1. The Kier molecular flexibility index (Phi) is 8.02. The molecule has 1 fully saturated rings. The molecule has 6 heteroatoms. The van der Waals surface area contributed by atoms with Crippen LogP contribution >= 0.6 is 0 Å². The highest BCUT2D eigenvalue weighted by Gasteiger charge is 2.43. The molecule has 2 heterocycles. The first-order chi connectivity index (χ1) is 18.0. The van der Waals surface area contributed by atoms with Gasteiger partial charge < -0.3 is 10.1 Å². The Bertz CT molecular complexity index is 1230. The van der Waals surface area contributed by atoms with Gasteiger partial charge in [0.05, 0.1) is 12.0 Å². The lowest BCUT2D eigenvalue weighted by Gasteiger charge is -2.36. The molecule has 38 heavy (non-hydrogen) atoms. The van der Waals surface area contributed by atoms with Gasteiger partial charge in [-0.15, -0.1) is 0 Å². The van der Waals surface area contributed by atoms with E-state index in [1.165, 1.54) is 0 Å². The first kappa shape index (κ1) is 27.5. The summed E-state index contributed by atoms with van der Waals surface area (Å²) in [4.78, 5) is 34.4. The van der Waals surface area contributed by atoms with Crippen LogP contribution in [0.25, 0.3) is 0 Å². The third-order valence-electron chi connectivity index (χ3n) is 6.79. The molecule has 0 spiro atoms. The van der Waals surface area contributed by atoms with Crippen molar-refractivity contribution in [3.05, 3.63) is 95.8 Å². The third kappa shape index (κ3) is 6.30. The van der Waals surface area contributed by atoms with Crippen molar-refractivity contribution in [2.24, 2.45) is 5.92 Å². The van der Waals surface area contributed by atoms with Crippen molar-refractivity contribution >= 4 is 17.5 Å². The quantitative estimate of drug-likeness (QED) is 0.429. The van der Waals surface area contributed by atoms with Crippen molar-refractivity contribution in [2.75, 3.05) is 11.5 Å². The molecule has 6 nitrogen and oxygen atoms in total. The molecule has 2 aromatic carbocycles. The van der Waals surface area contributed by atoms with Crippen LogP contribution in [-0.2, 0) is 19.7 Å². The fraction of sp³-hybridized carbons (Fsp3) is 0.406. The summed E-state index contributed by atoms with van der Waals surface area (Å²) in [6.45, 7) is 12.8. The smallest absolute Gasteiger partial charge is 0.248 e. The average molecular weight is 514 g/mol. The maximum Gasteiger partial charge on any atom is 0.248 e. The molecule has 1 unspecified atom stereocenters. The Morgan fingerprint density at radius 2 is 1.63 bits per heavy atom. The maximum absolute atomic E-state index is 14.5. The number of nitrogens with one attached hydrogen (secondary N) is 1. The van der Waals surface area contributed by atoms with Gasteiger partial charge in [0.1, 0.15) is 6.04 Å². The van der Waals surface area contributed by atoms with Gasteiger partial charge in [0.2, 0.25) is 11.8 Å². The molecule has 4 rings (SSSR count). The predicted octanol–water partition coefficient (Wildman–Crippen LogP) is 6.15. The molecule has 0 radical (unpaired) electrons. The largest absolute Gasteiger partial charge is 0.373 e. The van der Waals surface area contributed by atoms with Crippen LogP contribution < -0.4 is 10.2 Å². The van der Waals surface area contributed by atoms with Gasteiger partial charge in [0, 0.05) is 35.8 Å². The highest BCUT2D eigenvalue weighted by atomic mass is 16.5. The van der Waals surface area contributed by atoms with Crippen LogP contribution in [0.5, 0.6) is 0 Å². The lowest BCUT2D eigenvalue weighted by Crippen LogP contribution is -2.51. The summed E-state index contributed by atoms with van der Waals surface area (Å²) in [7, 11) is 0. The van der Waals surface area contributed by atoms with Crippen molar-refractivity contribution < 1.29 is 14.3 Å². The van der Waals surface area contributed by atoms with Crippen molar-refractivity contribution in [1.29, 1.82) is 0 Å². The van der Waals surface area contributed by atoms with Gasteiger partial charge in [-0.3, -0.25) is 19.5 Å². The molecule has 0 bridgehead atoms. The van der Waals surface area contributed by atoms with E-state index in [4.69, 9.17) is 4.74 Å². The monoisotopic (exact) mass is 513 g/mol. The highest BCUT2D eigenvalue weighted by Crippen LogP contribution is 2.39. The number of hydrogen-bond donors (Lipinski definition) is 1. The Morgan fingerprint density at radius 1 is 0.947 bits per heavy atom. The summed E-state index contributed by atoms with van der Waals surface area (Å²) in [5.74, 6) is -0.826. The van der Waals surface area contributed by atoms with Gasteiger partial charge >= 0.3 is 0 Å². The number of carbonyl (C=O) groups excluding carboxylic acids is 2. The van der Waals surface area contributed by atoms with Gasteiger partial charge in [0.25, 0.3) is 0 Å². The van der Waals surface area contributed by atoms with Gasteiger partial charge in [-0.05, 0) is 61.9 Å². The van der Waals surface area contributed by atoms with E-state index in [-0.39, 0.29) is 23.3 Å². The van der Waals surface area contributed by atoms with Crippen LogP contribution in [0.3, 0.4) is 0 Å². The second-order valence-electron chi connectivity index (χ2n) is 12.0. The summed E-state index contributed by atoms with van der Waals surface area (Å²) in [5, 5.41) is 3.10. The summed E-state index contributed by atoms with van der Waals surface area (Å²) < 4.78 is 6.09. The van der Waals surface area contributed by atoms with E-state index in [0.717, 1.165) is 11.1 Å². The van der Waals surface area contributed by atoms with Crippen LogP contribution in [0.2, 0.25) is 0 Å². The zero-order valence-electron chi connectivity index (χ0n) is 23.3. The number of amides is 2. The molecule has 3 atom stereocenters. The summed E-state index contributed by atoms with van der Waals surface area (Å²) in [6.07, 6.45) is 3.54. The topological polar surface area (TPSA) is 71.5 Å². The molecule has 1 N–H and O–H groups in total. The zero-order chi connectivity index (χ0) is 27.5. The molecule has 1 aromatic heterocycles. The average Bonchev–Trinajstić information content (AvgIpc) is 3.36. The minimum absolute atomic E-state index is 0.0442. The van der Waals surface area contributed by atoms with Crippen LogP contribution in [0.1, 0.15) is 76.8 Å². The lowest BCUT2D eigenvalue weighted by atomic mass is 9.87. The molecule has 0 saturated carbocycles. The number of ether oxygens (including phenoxy) is 1. The summed E-state index contributed by atoms with van der Waals surface area (Å²) in [5.41, 5.74) is 2.90. The minimum Gasteiger partial charge on any atom is -0.373 e. The molecule has 3 aromatic rings. The number of aromatic nitrogens is 1. The summed E-state index contributed by atoms with van der Waals surface area (Å²) in [6, 6.07) is 20.6. The molecule has 1 aliphatic rings. The lowest BCUT2D eigenvalue weighted by molar-refractivity contribution is -0.130. The van der Waals surface area contributed by atoms with Crippen molar-refractivity contribution in [2.45, 2.75) is 71.1 Å². The fourth-order valence-electron chi connectivity index (χ4n) is 4.91. The molecule has 1 aliphatic heterocycles. The predicted molar refractivity (Wildman–Crippen MR) is 151 cm³/mol. The van der Waals surface area contributed by atoms with Gasteiger partial charge in [-0.1, -0.05) is 69.3 Å². The van der Waals surface area contributed by atoms with E-state index < -0.39 is 17.5 Å². The Hall–Kier alpha value is -3.51. The number of rotatable bonds is 6. The van der Waals surface area contributed by atoms with E-state index >= 15 is 0 Å². The number of anilines is 1. The van der Waals surface area contributed by atoms with Crippen molar-refractivity contribution in [1.82, 2.24) is 10.3 Å². The Balaban J connectivity index is 1.83. The van der Waals surface area contributed by atoms with Crippen LogP contribution in [0.15, 0.2) is 79.1 Å². The maximum atomic E-state index is 14.5. The second-order valence-corrected chi connectivity index (χ2v) is 12.0. The number of pyridine rings is 1. The summed E-state index contributed by atoms with van der Waals surface area (Å²) >= 11 is 0. The van der Waals surface area contributed by atoms with Crippen molar-refractivity contribution in [3.8, 4) is 0 Å². The zero-order valence-corrected chi connectivity index (χ0v) is 23.3. The van der Waals surface area contributed by atoms with E-state index in [1.807, 2.05) is 81.4 Å². The van der Waals surface area contributed by atoms with Crippen LogP contribution in [0, 0.1) is 5.92 Å². The van der Waals surface area contributed by atoms with E-state index in [0.29, 0.717) is 24.3 Å². The fourth-order valence-corrected chi connectivity index (χ4v) is 4.91. The number of benzene rings is 2. The van der Waals surface area contributed by atoms with Gasteiger partial charge in [-0.2, -0.15) is 0 Å². The minimum atomic E-state index is -0.895. The second kappa shape index (κ2) is 11.1. The van der Waals surface area contributed by atoms with Crippen molar-refractivity contribution in [3.63, 3.8) is 0 Å². The molecule has 1 saturated heterocycles. The normalized spacial score (nSPS) is 18.6. The Labute approximate surface area is 226 Å². The van der Waals surface area contributed by atoms with Crippen LogP contribution in [-0.4, -0.2) is 28.9 Å². The highest BCUT2D eigenvalue weighted by molar-refractivity contribution is 6.02. The standard InChI is InChI=1S/C32H39N3O3/c1-31(2,3)24-14-16-25(17-15-24)35(27(23-13-10-19-33-21-23)29(36)34-32(4,5)6)30(37)26-18-20-38-28(26)22-11-8-7-9-12-22/h7-17,19,21,26-28H,18,20H2,1-6H3,(H,34,36)/t26-,27?,28-/m1/s1. The number of hydrogen-bond acceptors (Lipinski definition) is 4. The molecular formula is C32H39N3O3. The Morgan fingerprint density at radius 3 is 2.21 bits per heavy atom. The van der Waals surface area contributed by atoms with E-state index in [9.17, 15) is 9.59 Å². The van der Waals surface area contributed by atoms with E-state index in [1.54, 1.807) is 23.4 Å². The third-order valence-corrected chi connectivity index (χ3v) is 6.79. The van der Waals surface area contributed by atoms with Crippen LogP contribution in [0.4, 0.5) is 5.69 Å². The molecular weight excluding hydrogens is 474 g/mol.